The number of aromatic amines is 1. The Morgan fingerprint density at radius 2 is 2.17 bits per heavy atom. The fourth-order valence-electron chi connectivity index (χ4n) is 1.65. The third-order valence-corrected chi connectivity index (χ3v) is 2.03. The van der Waals surface area contributed by atoms with Crippen molar-refractivity contribution in [3.8, 4) is 0 Å². The molecule has 0 aliphatic carbocycles. The zero-order valence-corrected chi connectivity index (χ0v) is 8.26. The average Bonchev–Trinajstić information content (AvgIpc) is 2.32. The molecule has 1 N–H and O–H groups in total. The van der Waals surface area contributed by atoms with Crippen LogP contribution in [0.1, 0.15) is 39.8 Å². The normalized spacial score (nSPS) is 12.4. The van der Waals surface area contributed by atoms with E-state index in [4.69, 9.17) is 0 Å². The van der Waals surface area contributed by atoms with Crippen LogP contribution in [0.4, 0.5) is 0 Å². The first-order valence-electron chi connectivity index (χ1n) is 4.38. The summed E-state index contributed by atoms with van der Waals surface area (Å²) < 4.78 is 0. The molecule has 0 aliphatic rings. The van der Waals surface area contributed by atoms with Crippen LogP contribution in [-0.4, -0.2) is 15.4 Å². The number of rotatable bonds is 3. The van der Waals surface area contributed by atoms with Crippen molar-refractivity contribution in [2.75, 3.05) is 0 Å². The van der Waals surface area contributed by atoms with Gasteiger partial charge < -0.3 is 0 Å². The molecule has 0 bridgehead atoms. The predicted molar refractivity (Wildman–Crippen MR) is 48.9 cm³/mol. The molecule has 0 radical (unpaired) electrons. The highest BCUT2D eigenvalue weighted by atomic mass is 15.3. The van der Waals surface area contributed by atoms with E-state index in [0.717, 1.165) is 12.1 Å². The lowest BCUT2D eigenvalue weighted by atomic mass is 9.81. The van der Waals surface area contributed by atoms with Gasteiger partial charge in [-0.25, -0.2) is 0 Å². The molecule has 0 aromatic carbocycles. The van der Waals surface area contributed by atoms with E-state index >= 15 is 0 Å². The van der Waals surface area contributed by atoms with Gasteiger partial charge in [-0.15, -0.1) is 0 Å². The Labute approximate surface area is 73.6 Å². The zero-order chi connectivity index (χ0) is 9.19. The lowest BCUT2D eigenvalue weighted by Crippen LogP contribution is -2.20. The summed E-state index contributed by atoms with van der Waals surface area (Å²) in [5.41, 5.74) is 1.19. The first-order valence-corrected chi connectivity index (χ1v) is 4.38. The maximum absolute atomic E-state index is 4.10. The summed E-state index contributed by atoms with van der Waals surface area (Å²) in [5.74, 6) is 0.691. The summed E-state index contributed by atoms with van der Waals surface area (Å²) in [7, 11) is 0. The molecule has 0 amide bonds. The van der Waals surface area contributed by atoms with Gasteiger partial charge in [0.05, 0.1) is 11.9 Å². The molecule has 3 heteroatoms. The average molecular weight is 167 g/mol. The van der Waals surface area contributed by atoms with Crippen LogP contribution in [0.15, 0.2) is 6.20 Å². The number of hydrogen-bond acceptors (Lipinski definition) is 2. The lowest BCUT2D eigenvalue weighted by molar-refractivity contribution is 0.390. The summed E-state index contributed by atoms with van der Waals surface area (Å²) >= 11 is 0. The van der Waals surface area contributed by atoms with Gasteiger partial charge in [0.15, 0.2) is 0 Å². The van der Waals surface area contributed by atoms with E-state index in [2.05, 4.69) is 43.1 Å². The standard InChI is InChI=1S/C9H17N3/c1-7(2)5-9(3,4)8-6-10-12-11-8/h6-7H,5H2,1-4H3,(H,10,11,12). The molecule has 3 nitrogen and oxygen atoms in total. The molecule has 0 spiro atoms. The molecule has 0 fully saturated rings. The van der Waals surface area contributed by atoms with Crippen molar-refractivity contribution >= 4 is 0 Å². The van der Waals surface area contributed by atoms with Crippen LogP contribution in [-0.2, 0) is 5.41 Å². The third-order valence-electron chi connectivity index (χ3n) is 2.03. The monoisotopic (exact) mass is 167 g/mol. The Morgan fingerprint density at radius 1 is 1.50 bits per heavy atom. The van der Waals surface area contributed by atoms with Crippen molar-refractivity contribution in [1.82, 2.24) is 15.4 Å². The Bertz CT molecular complexity index is 224. The van der Waals surface area contributed by atoms with Crippen molar-refractivity contribution < 1.29 is 0 Å². The van der Waals surface area contributed by atoms with Crippen LogP contribution < -0.4 is 0 Å². The maximum atomic E-state index is 4.10. The molecule has 0 aliphatic heterocycles. The van der Waals surface area contributed by atoms with Gasteiger partial charge >= 0.3 is 0 Å². The van der Waals surface area contributed by atoms with E-state index in [1.807, 2.05) is 6.20 Å². The first-order chi connectivity index (χ1) is 5.52. The lowest BCUT2D eigenvalue weighted by Gasteiger charge is -2.23. The second-order valence-electron chi connectivity index (χ2n) is 4.34. The van der Waals surface area contributed by atoms with E-state index in [0.29, 0.717) is 5.92 Å². The molecule has 1 aromatic rings. The summed E-state index contributed by atoms with van der Waals surface area (Å²) in [5, 5.41) is 10.6. The van der Waals surface area contributed by atoms with Gasteiger partial charge in [-0.3, -0.25) is 0 Å². The van der Waals surface area contributed by atoms with Crippen molar-refractivity contribution in [3.05, 3.63) is 11.9 Å². The molecule has 1 rings (SSSR count). The minimum absolute atomic E-state index is 0.140. The Balaban J connectivity index is 2.72. The van der Waals surface area contributed by atoms with Crippen molar-refractivity contribution in [2.45, 2.75) is 39.5 Å². The van der Waals surface area contributed by atoms with E-state index in [1.165, 1.54) is 0 Å². The molecule has 1 heterocycles. The zero-order valence-electron chi connectivity index (χ0n) is 8.26. The van der Waals surface area contributed by atoms with E-state index in [-0.39, 0.29) is 5.41 Å². The number of nitrogens with one attached hydrogen (secondary N) is 1. The Kier molecular flexibility index (Phi) is 2.50. The fraction of sp³-hybridized carbons (Fsp3) is 0.778. The smallest absolute Gasteiger partial charge is 0.0880 e. The molecule has 1 aromatic heterocycles. The topological polar surface area (TPSA) is 41.6 Å². The number of hydrogen-bond donors (Lipinski definition) is 1. The minimum atomic E-state index is 0.140. The van der Waals surface area contributed by atoms with Gasteiger partial charge in [0.2, 0.25) is 0 Å². The molecular weight excluding hydrogens is 150 g/mol. The molecule has 0 saturated heterocycles. The third kappa shape index (κ3) is 2.06. The second-order valence-corrected chi connectivity index (χ2v) is 4.34. The van der Waals surface area contributed by atoms with Crippen LogP contribution in [0.2, 0.25) is 0 Å². The Hall–Kier alpha value is -0.860. The highest BCUT2D eigenvalue weighted by Crippen LogP contribution is 2.27. The highest BCUT2D eigenvalue weighted by Gasteiger charge is 2.24. The quantitative estimate of drug-likeness (QED) is 0.749. The van der Waals surface area contributed by atoms with Crippen LogP contribution >= 0.6 is 0 Å². The van der Waals surface area contributed by atoms with E-state index in [1.54, 1.807) is 0 Å². The van der Waals surface area contributed by atoms with Crippen LogP contribution in [0.25, 0.3) is 0 Å². The minimum Gasteiger partial charge on any atom is -0.198 e. The SMILES string of the molecule is CC(C)CC(C)(C)c1cn[nH]n1. The van der Waals surface area contributed by atoms with Gasteiger partial charge in [-0.2, -0.15) is 15.4 Å². The van der Waals surface area contributed by atoms with Crippen LogP contribution in [0.5, 0.6) is 0 Å². The predicted octanol–water partition coefficient (Wildman–Crippen LogP) is 2.13. The van der Waals surface area contributed by atoms with Crippen molar-refractivity contribution in [1.29, 1.82) is 0 Å². The first kappa shape index (κ1) is 9.23. The van der Waals surface area contributed by atoms with Gasteiger partial charge in [0, 0.05) is 5.41 Å². The van der Waals surface area contributed by atoms with Crippen LogP contribution in [0, 0.1) is 5.92 Å². The van der Waals surface area contributed by atoms with Gasteiger partial charge in [-0.05, 0) is 12.3 Å². The van der Waals surface area contributed by atoms with Gasteiger partial charge in [0.1, 0.15) is 0 Å². The second kappa shape index (κ2) is 3.25. The maximum Gasteiger partial charge on any atom is 0.0880 e. The van der Waals surface area contributed by atoms with Crippen molar-refractivity contribution in [2.24, 2.45) is 5.92 Å². The van der Waals surface area contributed by atoms with Gasteiger partial charge in [0.25, 0.3) is 0 Å². The molecular formula is C9H17N3. The summed E-state index contributed by atoms with van der Waals surface area (Å²) in [6.07, 6.45) is 2.95. The molecule has 12 heavy (non-hydrogen) atoms. The Morgan fingerprint density at radius 3 is 2.58 bits per heavy atom. The largest absolute Gasteiger partial charge is 0.198 e. The fourth-order valence-corrected chi connectivity index (χ4v) is 1.65. The van der Waals surface area contributed by atoms with Crippen LogP contribution in [0.3, 0.4) is 0 Å². The molecule has 0 unspecified atom stereocenters. The van der Waals surface area contributed by atoms with Gasteiger partial charge in [-0.1, -0.05) is 27.7 Å². The summed E-state index contributed by atoms with van der Waals surface area (Å²) in [6.45, 7) is 8.85. The molecule has 0 saturated carbocycles. The highest BCUT2D eigenvalue weighted by molar-refractivity contribution is 5.07. The van der Waals surface area contributed by atoms with E-state index < -0.39 is 0 Å². The number of nitrogens with zero attached hydrogens (tertiary/aromatic N) is 2. The number of H-pyrrole nitrogens is 1. The molecule has 0 atom stereocenters. The summed E-state index contributed by atoms with van der Waals surface area (Å²) in [6, 6.07) is 0. The molecule has 68 valence electrons. The summed E-state index contributed by atoms with van der Waals surface area (Å²) in [4.78, 5) is 0. The van der Waals surface area contributed by atoms with E-state index in [9.17, 15) is 0 Å². The number of aromatic nitrogens is 3. The van der Waals surface area contributed by atoms with Crippen molar-refractivity contribution in [3.63, 3.8) is 0 Å².